The van der Waals surface area contributed by atoms with Gasteiger partial charge in [0.1, 0.15) is 5.75 Å². The van der Waals surface area contributed by atoms with E-state index in [2.05, 4.69) is 11.1 Å². The number of fused-ring (bicyclic) bond motifs is 1. The van der Waals surface area contributed by atoms with E-state index in [0.717, 1.165) is 23.5 Å². The molecule has 0 saturated carbocycles. The lowest BCUT2D eigenvalue weighted by atomic mass is 10.1. The van der Waals surface area contributed by atoms with Gasteiger partial charge in [-0.1, -0.05) is 12.1 Å². The number of nitrogen functional groups attached to an aromatic ring is 1. The summed E-state index contributed by atoms with van der Waals surface area (Å²) in [5.41, 5.74) is 9.56. The minimum atomic E-state index is 0.694. The van der Waals surface area contributed by atoms with Crippen molar-refractivity contribution in [1.29, 1.82) is 0 Å². The van der Waals surface area contributed by atoms with Gasteiger partial charge >= 0.3 is 0 Å². The summed E-state index contributed by atoms with van der Waals surface area (Å²) in [6.45, 7) is 0. The summed E-state index contributed by atoms with van der Waals surface area (Å²) >= 11 is 0. The number of hydrogen-bond donors (Lipinski definition) is 1. The second-order valence-corrected chi connectivity index (χ2v) is 4.45. The molecule has 0 radical (unpaired) electrons. The predicted molar refractivity (Wildman–Crippen MR) is 75.4 cm³/mol. The molecule has 2 heterocycles. The van der Waals surface area contributed by atoms with Crippen molar-refractivity contribution < 1.29 is 4.74 Å². The predicted octanol–water partition coefficient (Wildman–Crippen LogP) is 2.52. The summed E-state index contributed by atoms with van der Waals surface area (Å²) in [4.78, 5) is 4.56. The molecular formula is C15H15N3O. The fraction of sp³-hybridized carbons (Fsp3) is 0.133. The highest BCUT2D eigenvalue weighted by Crippen LogP contribution is 2.18. The van der Waals surface area contributed by atoms with Gasteiger partial charge in [0.2, 0.25) is 0 Å². The van der Waals surface area contributed by atoms with E-state index in [-0.39, 0.29) is 0 Å². The van der Waals surface area contributed by atoms with Crippen LogP contribution in [0.15, 0.2) is 48.8 Å². The average Bonchev–Trinajstić information content (AvgIpc) is 2.83. The molecule has 4 heteroatoms. The molecule has 1 aromatic carbocycles. The Morgan fingerprint density at radius 2 is 2.16 bits per heavy atom. The lowest BCUT2D eigenvalue weighted by Crippen LogP contribution is -1.91. The van der Waals surface area contributed by atoms with Gasteiger partial charge in [-0.3, -0.25) is 0 Å². The third-order valence-corrected chi connectivity index (χ3v) is 3.08. The van der Waals surface area contributed by atoms with Crippen LogP contribution < -0.4 is 10.5 Å². The van der Waals surface area contributed by atoms with E-state index in [1.165, 1.54) is 5.56 Å². The number of hydrogen-bond acceptors (Lipinski definition) is 3. The number of pyridine rings is 1. The van der Waals surface area contributed by atoms with Crippen molar-refractivity contribution in [3.63, 3.8) is 0 Å². The number of rotatable bonds is 3. The van der Waals surface area contributed by atoms with Gasteiger partial charge in [0.25, 0.3) is 0 Å². The highest BCUT2D eigenvalue weighted by atomic mass is 16.5. The minimum absolute atomic E-state index is 0.694. The van der Waals surface area contributed by atoms with E-state index >= 15 is 0 Å². The zero-order valence-electron chi connectivity index (χ0n) is 10.7. The Balaban J connectivity index is 1.94. The molecule has 96 valence electrons. The Labute approximate surface area is 111 Å². The number of aromatic nitrogens is 2. The molecule has 0 aliphatic carbocycles. The second-order valence-electron chi connectivity index (χ2n) is 4.45. The Morgan fingerprint density at radius 1 is 1.26 bits per heavy atom. The van der Waals surface area contributed by atoms with Crippen LogP contribution in [0.2, 0.25) is 0 Å². The van der Waals surface area contributed by atoms with Crippen molar-refractivity contribution in [2.45, 2.75) is 6.42 Å². The zero-order valence-corrected chi connectivity index (χ0v) is 10.7. The molecule has 19 heavy (non-hydrogen) atoms. The Bertz CT molecular complexity index is 718. The van der Waals surface area contributed by atoms with E-state index in [9.17, 15) is 0 Å². The molecule has 2 N–H and O–H groups in total. The maximum atomic E-state index is 5.91. The van der Waals surface area contributed by atoms with Gasteiger partial charge in [-0.05, 0) is 29.8 Å². The summed E-state index contributed by atoms with van der Waals surface area (Å²) in [6, 6.07) is 11.8. The first-order valence-corrected chi connectivity index (χ1v) is 6.11. The minimum Gasteiger partial charge on any atom is -0.497 e. The molecule has 0 saturated heterocycles. The van der Waals surface area contributed by atoms with Gasteiger partial charge in [-0.15, -0.1) is 0 Å². The quantitative estimate of drug-likeness (QED) is 0.780. The number of benzene rings is 1. The van der Waals surface area contributed by atoms with Gasteiger partial charge in [0, 0.05) is 18.8 Å². The average molecular weight is 253 g/mol. The number of methoxy groups -OCH3 is 1. The molecule has 0 aliphatic heterocycles. The number of ether oxygens (including phenoxy) is 1. The summed E-state index contributed by atoms with van der Waals surface area (Å²) < 4.78 is 7.17. The third-order valence-electron chi connectivity index (χ3n) is 3.08. The van der Waals surface area contributed by atoms with Crippen LogP contribution >= 0.6 is 0 Å². The van der Waals surface area contributed by atoms with E-state index in [1.54, 1.807) is 7.11 Å². The molecule has 2 aromatic heterocycles. The largest absolute Gasteiger partial charge is 0.497 e. The van der Waals surface area contributed by atoms with E-state index in [1.807, 2.05) is 47.1 Å². The van der Waals surface area contributed by atoms with Crippen molar-refractivity contribution in [3.05, 3.63) is 60.0 Å². The summed E-state index contributed by atoms with van der Waals surface area (Å²) in [7, 11) is 1.67. The van der Waals surface area contributed by atoms with Gasteiger partial charge in [0.05, 0.1) is 18.5 Å². The van der Waals surface area contributed by atoms with Crippen molar-refractivity contribution in [3.8, 4) is 5.75 Å². The van der Waals surface area contributed by atoms with Crippen molar-refractivity contribution >= 4 is 11.3 Å². The monoisotopic (exact) mass is 253 g/mol. The third kappa shape index (κ3) is 2.25. The molecule has 0 atom stereocenters. The van der Waals surface area contributed by atoms with Crippen molar-refractivity contribution in [1.82, 2.24) is 9.38 Å². The van der Waals surface area contributed by atoms with E-state index < -0.39 is 0 Å². The summed E-state index contributed by atoms with van der Waals surface area (Å²) in [6.07, 6.45) is 4.72. The molecule has 0 unspecified atom stereocenters. The Morgan fingerprint density at radius 3 is 2.95 bits per heavy atom. The van der Waals surface area contributed by atoms with Crippen LogP contribution in [-0.4, -0.2) is 16.5 Å². The Kier molecular flexibility index (Phi) is 2.83. The Hall–Kier alpha value is -2.49. The SMILES string of the molecule is COc1cccc(Cc2cn3cccc(N)c3n2)c1. The molecule has 0 fully saturated rings. The molecule has 0 amide bonds. The van der Waals surface area contributed by atoms with Crippen LogP contribution in [0, 0.1) is 0 Å². The standard InChI is InChI=1S/C15H15N3O/c1-19-13-5-2-4-11(9-13)8-12-10-18-7-3-6-14(16)15(18)17-12/h2-7,9-10H,8,16H2,1H3. The topological polar surface area (TPSA) is 52.5 Å². The van der Waals surface area contributed by atoms with Gasteiger partial charge in [0.15, 0.2) is 5.65 Å². The van der Waals surface area contributed by atoms with Crippen LogP contribution in [0.3, 0.4) is 0 Å². The van der Waals surface area contributed by atoms with Crippen molar-refractivity contribution in [2.24, 2.45) is 0 Å². The summed E-state index contributed by atoms with van der Waals surface area (Å²) in [5.74, 6) is 0.862. The van der Waals surface area contributed by atoms with Gasteiger partial charge in [-0.2, -0.15) is 0 Å². The molecule has 0 aliphatic rings. The lowest BCUT2D eigenvalue weighted by molar-refractivity contribution is 0.414. The zero-order chi connectivity index (χ0) is 13.2. The molecule has 3 aromatic rings. The van der Waals surface area contributed by atoms with Crippen LogP contribution in [0.1, 0.15) is 11.3 Å². The molecule has 0 spiro atoms. The fourth-order valence-electron chi connectivity index (χ4n) is 2.16. The first kappa shape index (κ1) is 11.6. The molecule has 4 nitrogen and oxygen atoms in total. The summed E-state index contributed by atoms with van der Waals surface area (Å²) in [5, 5.41) is 0. The van der Waals surface area contributed by atoms with E-state index in [4.69, 9.17) is 10.5 Å². The molecule has 0 bridgehead atoms. The molecule has 3 rings (SSSR count). The van der Waals surface area contributed by atoms with Crippen LogP contribution in [0.4, 0.5) is 5.69 Å². The maximum Gasteiger partial charge on any atom is 0.160 e. The number of nitrogens with two attached hydrogens (primary N) is 1. The second kappa shape index (κ2) is 4.65. The number of nitrogens with zero attached hydrogens (tertiary/aromatic N) is 2. The van der Waals surface area contributed by atoms with E-state index in [0.29, 0.717) is 5.69 Å². The lowest BCUT2D eigenvalue weighted by Gasteiger charge is -2.02. The number of imidazole rings is 1. The van der Waals surface area contributed by atoms with Gasteiger partial charge < -0.3 is 14.9 Å². The van der Waals surface area contributed by atoms with Crippen LogP contribution in [0.25, 0.3) is 5.65 Å². The first-order valence-electron chi connectivity index (χ1n) is 6.11. The van der Waals surface area contributed by atoms with Crippen molar-refractivity contribution in [2.75, 3.05) is 12.8 Å². The van der Waals surface area contributed by atoms with Crippen LogP contribution in [0.5, 0.6) is 5.75 Å². The highest BCUT2D eigenvalue weighted by molar-refractivity contribution is 5.64. The van der Waals surface area contributed by atoms with Gasteiger partial charge in [-0.25, -0.2) is 4.98 Å². The maximum absolute atomic E-state index is 5.91. The first-order chi connectivity index (χ1) is 9.26. The highest BCUT2D eigenvalue weighted by Gasteiger charge is 2.05. The van der Waals surface area contributed by atoms with Crippen LogP contribution in [-0.2, 0) is 6.42 Å². The smallest absolute Gasteiger partial charge is 0.160 e. The number of anilines is 1. The normalized spacial score (nSPS) is 10.8. The molecular weight excluding hydrogens is 238 g/mol. The fourth-order valence-corrected chi connectivity index (χ4v) is 2.16.